The van der Waals surface area contributed by atoms with Gasteiger partial charge in [0.05, 0.1) is 11.9 Å². The predicted octanol–water partition coefficient (Wildman–Crippen LogP) is 2.15. The Balaban J connectivity index is 1.79. The number of rotatable bonds is 2. The van der Waals surface area contributed by atoms with Crippen LogP contribution >= 0.6 is 11.8 Å². The van der Waals surface area contributed by atoms with E-state index in [9.17, 15) is 4.79 Å². The van der Waals surface area contributed by atoms with Crippen molar-refractivity contribution >= 4 is 17.7 Å². The van der Waals surface area contributed by atoms with Gasteiger partial charge in [-0.25, -0.2) is 4.68 Å². The smallest absolute Gasteiger partial charge is 0.276 e. The number of hydrogen-bond acceptors (Lipinski definition) is 4. The third-order valence-corrected chi connectivity index (χ3v) is 4.54. The summed E-state index contributed by atoms with van der Waals surface area (Å²) in [6.45, 7) is 3.63. The molecule has 5 nitrogen and oxygen atoms in total. The normalized spacial score (nSPS) is 15.8. The second-order valence-electron chi connectivity index (χ2n) is 5.15. The summed E-state index contributed by atoms with van der Waals surface area (Å²) in [4.78, 5) is 14.3. The van der Waals surface area contributed by atoms with Gasteiger partial charge in [-0.05, 0) is 36.8 Å². The van der Waals surface area contributed by atoms with E-state index >= 15 is 0 Å². The number of benzene rings is 1. The minimum Gasteiger partial charge on any atom is -0.336 e. The van der Waals surface area contributed by atoms with E-state index in [0.29, 0.717) is 5.69 Å². The molecule has 2 heterocycles. The third-order valence-electron chi connectivity index (χ3n) is 3.49. The van der Waals surface area contributed by atoms with E-state index in [1.807, 2.05) is 47.9 Å². The number of thioether (sulfide) groups is 1. The lowest BCUT2D eigenvalue weighted by Gasteiger charge is -2.18. The molecule has 1 aliphatic heterocycles. The lowest BCUT2D eigenvalue weighted by Crippen LogP contribution is -2.33. The van der Waals surface area contributed by atoms with Crippen molar-refractivity contribution in [3.05, 3.63) is 41.7 Å². The van der Waals surface area contributed by atoms with Crippen LogP contribution in [0.25, 0.3) is 5.69 Å². The van der Waals surface area contributed by atoms with Gasteiger partial charge in [-0.15, -0.1) is 5.10 Å². The van der Waals surface area contributed by atoms with Gasteiger partial charge in [-0.1, -0.05) is 17.3 Å². The zero-order valence-electron chi connectivity index (χ0n) is 12.0. The summed E-state index contributed by atoms with van der Waals surface area (Å²) in [6.07, 6.45) is 2.76. The molecule has 110 valence electrons. The first-order chi connectivity index (χ1) is 10.2. The van der Waals surface area contributed by atoms with E-state index in [1.54, 1.807) is 10.9 Å². The Bertz CT molecular complexity index is 632. The van der Waals surface area contributed by atoms with E-state index in [4.69, 9.17) is 0 Å². The van der Waals surface area contributed by atoms with Crippen molar-refractivity contribution in [2.45, 2.75) is 13.3 Å². The number of nitrogens with zero attached hydrogens (tertiary/aromatic N) is 4. The number of amides is 1. The van der Waals surface area contributed by atoms with Crippen LogP contribution in [-0.2, 0) is 0 Å². The first-order valence-electron chi connectivity index (χ1n) is 7.10. The molecule has 0 atom stereocenters. The molecular weight excluding hydrogens is 284 g/mol. The van der Waals surface area contributed by atoms with Gasteiger partial charge < -0.3 is 4.90 Å². The highest BCUT2D eigenvalue weighted by Crippen LogP contribution is 2.14. The average Bonchev–Trinajstić information content (AvgIpc) is 2.82. The molecule has 1 amide bonds. The Morgan fingerprint density at radius 2 is 2.19 bits per heavy atom. The maximum atomic E-state index is 12.5. The van der Waals surface area contributed by atoms with Gasteiger partial charge >= 0.3 is 0 Å². The maximum Gasteiger partial charge on any atom is 0.276 e. The number of carbonyl (C=O) groups excluding carboxylic acids is 1. The Hall–Kier alpha value is -1.82. The Labute approximate surface area is 128 Å². The highest BCUT2D eigenvalue weighted by molar-refractivity contribution is 7.99. The number of aryl methyl sites for hydroxylation is 1. The fourth-order valence-corrected chi connectivity index (χ4v) is 3.26. The standard InChI is InChI=1S/C15H18N4OS/c1-12-4-2-5-13(10-12)19-11-14(16-17-19)15(20)18-6-3-8-21-9-7-18/h2,4-5,10-11H,3,6-9H2,1H3. The summed E-state index contributed by atoms with van der Waals surface area (Å²) in [7, 11) is 0. The number of carbonyl (C=O) groups is 1. The first-order valence-corrected chi connectivity index (χ1v) is 8.26. The summed E-state index contributed by atoms with van der Waals surface area (Å²) in [6, 6.07) is 7.98. The quantitative estimate of drug-likeness (QED) is 0.853. The molecule has 2 aromatic rings. The molecule has 1 saturated heterocycles. The van der Waals surface area contributed by atoms with Crippen LogP contribution < -0.4 is 0 Å². The molecule has 0 unspecified atom stereocenters. The molecule has 3 rings (SSSR count). The van der Waals surface area contributed by atoms with Crippen molar-refractivity contribution in [1.82, 2.24) is 19.9 Å². The van der Waals surface area contributed by atoms with Crippen LogP contribution in [0.15, 0.2) is 30.5 Å². The summed E-state index contributed by atoms with van der Waals surface area (Å²) in [5, 5.41) is 8.12. The highest BCUT2D eigenvalue weighted by Gasteiger charge is 2.20. The molecule has 21 heavy (non-hydrogen) atoms. The van der Waals surface area contributed by atoms with Gasteiger partial charge in [0.1, 0.15) is 0 Å². The minimum absolute atomic E-state index is 0.0172. The highest BCUT2D eigenvalue weighted by atomic mass is 32.2. The fourth-order valence-electron chi connectivity index (χ4n) is 2.37. The third kappa shape index (κ3) is 3.26. The predicted molar refractivity (Wildman–Crippen MR) is 83.9 cm³/mol. The van der Waals surface area contributed by atoms with Crippen molar-refractivity contribution in [1.29, 1.82) is 0 Å². The maximum absolute atomic E-state index is 12.5. The Morgan fingerprint density at radius 1 is 1.29 bits per heavy atom. The fraction of sp³-hybridized carbons (Fsp3) is 0.400. The van der Waals surface area contributed by atoms with E-state index in [-0.39, 0.29) is 5.91 Å². The summed E-state index contributed by atoms with van der Waals surface area (Å²) < 4.78 is 1.66. The molecule has 0 bridgehead atoms. The van der Waals surface area contributed by atoms with E-state index in [0.717, 1.165) is 42.3 Å². The second-order valence-corrected chi connectivity index (χ2v) is 6.37. The molecule has 0 spiro atoms. The molecule has 1 aliphatic rings. The van der Waals surface area contributed by atoms with Crippen LogP contribution in [0.4, 0.5) is 0 Å². The molecule has 1 aromatic heterocycles. The van der Waals surface area contributed by atoms with Crippen molar-refractivity contribution in [2.75, 3.05) is 24.6 Å². The SMILES string of the molecule is Cc1cccc(-n2cc(C(=O)N3CCCSCC3)nn2)c1. The van der Waals surface area contributed by atoms with Crippen LogP contribution in [0, 0.1) is 6.92 Å². The Morgan fingerprint density at radius 3 is 3.05 bits per heavy atom. The largest absolute Gasteiger partial charge is 0.336 e. The number of hydrogen-bond donors (Lipinski definition) is 0. The van der Waals surface area contributed by atoms with Gasteiger partial charge in [0.2, 0.25) is 0 Å². The van der Waals surface area contributed by atoms with E-state index < -0.39 is 0 Å². The number of aromatic nitrogens is 3. The first kappa shape index (κ1) is 14.1. The summed E-state index contributed by atoms with van der Waals surface area (Å²) in [5.74, 6) is 2.11. The van der Waals surface area contributed by atoms with Crippen molar-refractivity contribution < 1.29 is 4.79 Å². The molecule has 0 aliphatic carbocycles. The Kier molecular flexibility index (Phi) is 4.24. The van der Waals surface area contributed by atoms with Gasteiger partial charge in [-0.2, -0.15) is 11.8 Å². The van der Waals surface area contributed by atoms with Crippen molar-refractivity contribution in [3.8, 4) is 5.69 Å². The van der Waals surface area contributed by atoms with Crippen LogP contribution in [0.3, 0.4) is 0 Å². The van der Waals surface area contributed by atoms with Gasteiger partial charge in [0.15, 0.2) is 5.69 Å². The second kappa shape index (κ2) is 6.30. The topological polar surface area (TPSA) is 51.0 Å². The zero-order valence-corrected chi connectivity index (χ0v) is 12.8. The van der Waals surface area contributed by atoms with Crippen LogP contribution in [0.1, 0.15) is 22.5 Å². The summed E-state index contributed by atoms with van der Waals surface area (Å²) >= 11 is 1.90. The van der Waals surface area contributed by atoms with Crippen LogP contribution in [0.2, 0.25) is 0 Å². The average molecular weight is 302 g/mol. The van der Waals surface area contributed by atoms with Gasteiger partial charge in [-0.3, -0.25) is 4.79 Å². The molecular formula is C15H18N4OS. The van der Waals surface area contributed by atoms with E-state index in [2.05, 4.69) is 10.3 Å². The lowest BCUT2D eigenvalue weighted by molar-refractivity contribution is 0.0762. The van der Waals surface area contributed by atoms with Crippen molar-refractivity contribution in [2.24, 2.45) is 0 Å². The van der Waals surface area contributed by atoms with Crippen LogP contribution in [-0.4, -0.2) is 50.4 Å². The molecule has 6 heteroatoms. The lowest BCUT2D eigenvalue weighted by atomic mass is 10.2. The zero-order chi connectivity index (χ0) is 14.7. The minimum atomic E-state index is -0.0172. The molecule has 0 N–H and O–H groups in total. The molecule has 0 saturated carbocycles. The van der Waals surface area contributed by atoms with E-state index in [1.165, 1.54) is 0 Å². The molecule has 1 aromatic carbocycles. The summed E-state index contributed by atoms with van der Waals surface area (Å²) in [5.41, 5.74) is 2.50. The van der Waals surface area contributed by atoms with Gasteiger partial charge in [0, 0.05) is 18.8 Å². The van der Waals surface area contributed by atoms with Gasteiger partial charge in [0.25, 0.3) is 5.91 Å². The monoisotopic (exact) mass is 302 g/mol. The molecule has 0 radical (unpaired) electrons. The van der Waals surface area contributed by atoms with Crippen molar-refractivity contribution in [3.63, 3.8) is 0 Å². The molecule has 1 fully saturated rings. The van der Waals surface area contributed by atoms with Crippen LogP contribution in [0.5, 0.6) is 0 Å².